The second kappa shape index (κ2) is 6.31. The Kier molecular flexibility index (Phi) is 4.70. The Morgan fingerprint density at radius 2 is 1.95 bits per heavy atom. The molecule has 110 valence electrons. The molecule has 1 aromatic rings. The lowest BCUT2D eigenvalue weighted by Crippen LogP contribution is -2.36. The van der Waals surface area contributed by atoms with Gasteiger partial charge in [0.15, 0.2) is 0 Å². The zero-order valence-electron chi connectivity index (χ0n) is 11.4. The summed E-state index contributed by atoms with van der Waals surface area (Å²) in [5.41, 5.74) is 5.67. The Morgan fingerprint density at radius 1 is 1.25 bits per heavy atom. The van der Waals surface area contributed by atoms with Gasteiger partial charge in [0.25, 0.3) is 0 Å². The van der Waals surface area contributed by atoms with E-state index >= 15 is 0 Å². The average molecular weight is 282 g/mol. The minimum absolute atomic E-state index is 0.0133. The van der Waals surface area contributed by atoms with Gasteiger partial charge in [0.2, 0.25) is 5.91 Å². The van der Waals surface area contributed by atoms with Crippen LogP contribution in [0.15, 0.2) is 18.2 Å². The molecule has 0 spiro atoms. The fourth-order valence-corrected chi connectivity index (χ4v) is 2.88. The van der Waals surface area contributed by atoms with Gasteiger partial charge in [-0.2, -0.15) is 0 Å². The molecule has 0 bridgehead atoms. The highest BCUT2D eigenvalue weighted by molar-refractivity contribution is 5.91. The van der Waals surface area contributed by atoms with Gasteiger partial charge in [-0.3, -0.25) is 4.79 Å². The minimum Gasteiger partial charge on any atom is -0.330 e. The summed E-state index contributed by atoms with van der Waals surface area (Å²) in [5, 5.41) is 2.51. The van der Waals surface area contributed by atoms with Gasteiger partial charge < -0.3 is 11.1 Å². The lowest BCUT2D eigenvalue weighted by atomic mass is 9.71. The van der Waals surface area contributed by atoms with E-state index in [2.05, 4.69) is 5.32 Å². The molecule has 0 saturated heterocycles. The summed E-state index contributed by atoms with van der Waals surface area (Å²) in [5.74, 6) is -1.68. The van der Waals surface area contributed by atoms with Crippen molar-refractivity contribution in [2.24, 2.45) is 11.1 Å². The van der Waals surface area contributed by atoms with Gasteiger partial charge in [-0.1, -0.05) is 19.3 Å². The van der Waals surface area contributed by atoms with Crippen molar-refractivity contribution in [3.05, 3.63) is 29.8 Å². The van der Waals surface area contributed by atoms with Gasteiger partial charge >= 0.3 is 0 Å². The molecular formula is C15H20F2N2O. The largest absolute Gasteiger partial charge is 0.330 e. The fourth-order valence-electron chi connectivity index (χ4n) is 2.88. The first-order valence-electron chi connectivity index (χ1n) is 7.00. The number of amides is 1. The Balaban J connectivity index is 2.00. The van der Waals surface area contributed by atoms with E-state index in [0.717, 1.165) is 37.8 Å². The highest BCUT2D eigenvalue weighted by Crippen LogP contribution is 2.38. The molecule has 0 aromatic heterocycles. The van der Waals surface area contributed by atoms with Gasteiger partial charge in [-0.25, -0.2) is 8.78 Å². The average Bonchev–Trinajstić information content (AvgIpc) is 2.43. The zero-order chi connectivity index (χ0) is 14.6. The Bertz CT molecular complexity index is 485. The van der Waals surface area contributed by atoms with Crippen LogP contribution in [0.25, 0.3) is 0 Å². The third kappa shape index (κ3) is 3.54. The lowest BCUT2D eigenvalue weighted by molar-refractivity contribution is -0.118. The summed E-state index contributed by atoms with van der Waals surface area (Å²) >= 11 is 0. The molecule has 1 amide bonds. The van der Waals surface area contributed by atoms with Crippen LogP contribution in [0.3, 0.4) is 0 Å². The van der Waals surface area contributed by atoms with Gasteiger partial charge in [0.1, 0.15) is 11.6 Å². The number of halogens is 2. The Hall–Kier alpha value is -1.49. The first kappa shape index (κ1) is 14.9. The van der Waals surface area contributed by atoms with Crippen molar-refractivity contribution in [2.45, 2.75) is 38.5 Å². The van der Waals surface area contributed by atoms with E-state index in [-0.39, 0.29) is 17.0 Å². The smallest absolute Gasteiger partial charge is 0.225 e. The first-order valence-corrected chi connectivity index (χ1v) is 7.00. The van der Waals surface area contributed by atoms with Crippen LogP contribution in [0.5, 0.6) is 0 Å². The monoisotopic (exact) mass is 282 g/mol. The van der Waals surface area contributed by atoms with E-state index in [1.807, 2.05) is 0 Å². The van der Waals surface area contributed by atoms with E-state index in [4.69, 9.17) is 5.73 Å². The van der Waals surface area contributed by atoms with Crippen LogP contribution in [0, 0.1) is 17.0 Å². The van der Waals surface area contributed by atoms with Crippen LogP contribution in [0.4, 0.5) is 14.5 Å². The number of hydrogen-bond acceptors (Lipinski definition) is 2. The number of hydrogen-bond donors (Lipinski definition) is 2. The number of benzene rings is 1. The molecule has 1 aromatic carbocycles. The summed E-state index contributed by atoms with van der Waals surface area (Å²) in [6.45, 7) is 0.465. The van der Waals surface area contributed by atoms with Crippen molar-refractivity contribution in [3.8, 4) is 0 Å². The summed E-state index contributed by atoms with van der Waals surface area (Å²) < 4.78 is 26.3. The molecular weight excluding hydrogens is 262 g/mol. The second-order valence-corrected chi connectivity index (χ2v) is 5.61. The fraction of sp³-hybridized carbons (Fsp3) is 0.533. The Morgan fingerprint density at radius 3 is 2.55 bits per heavy atom. The van der Waals surface area contributed by atoms with Crippen LogP contribution >= 0.6 is 0 Å². The van der Waals surface area contributed by atoms with Crippen molar-refractivity contribution in [2.75, 3.05) is 11.9 Å². The Labute approximate surface area is 117 Å². The van der Waals surface area contributed by atoms with E-state index in [0.29, 0.717) is 13.0 Å². The second-order valence-electron chi connectivity index (χ2n) is 5.61. The van der Waals surface area contributed by atoms with Crippen LogP contribution in [-0.2, 0) is 4.79 Å². The van der Waals surface area contributed by atoms with Crippen LogP contribution < -0.4 is 11.1 Å². The van der Waals surface area contributed by atoms with Crippen LogP contribution in [0.2, 0.25) is 0 Å². The minimum atomic E-state index is -0.760. The molecule has 1 saturated carbocycles. The number of anilines is 1. The normalized spacial score (nSPS) is 17.8. The molecule has 5 heteroatoms. The summed E-state index contributed by atoms with van der Waals surface area (Å²) in [6.07, 6.45) is 5.49. The predicted octanol–water partition coefficient (Wildman–Crippen LogP) is 3.20. The summed E-state index contributed by atoms with van der Waals surface area (Å²) in [6, 6.07) is 3.12. The third-order valence-electron chi connectivity index (χ3n) is 4.09. The van der Waals surface area contributed by atoms with Crippen LogP contribution in [0.1, 0.15) is 38.5 Å². The summed E-state index contributed by atoms with van der Waals surface area (Å²) in [7, 11) is 0. The standard InChI is InChI=1S/C15H20F2N2O/c16-11-4-5-13(12(17)8-11)19-14(20)9-15(10-18)6-2-1-3-7-15/h4-5,8H,1-3,6-7,9-10,18H2,(H,19,20). The molecule has 3 nitrogen and oxygen atoms in total. The molecule has 0 radical (unpaired) electrons. The number of nitrogens with one attached hydrogen (secondary N) is 1. The van der Waals surface area contributed by atoms with E-state index in [1.165, 1.54) is 12.5 Å². The van der Waals surface area contributed by atoms with Crippen molar-refractivity contribution < 1.29 is 13.6 Å². The van der Waals surface area contributed by atoms with Crippen molar-refractivity contribution >= 4 is 11.6 Å². The van der Waals surface area contributed by atoms with Crippen molar-refractivity contribution in [3.63, 3.8) is 0 Å². The van der Waals surface area contributed by atoms with E-state index < -0.39 is 11.6 Å². The third-order valence-corrected chi connectivity index (χ3v) is 4.09. The highest BCUT2D eigenvalue weighted by atomic mass is 19.1. The number of rotatable bonds is 4. The molecule has 2 rings (SSSR count). The van der Waals surface area contributed by atoms with Crippen LogP contribution in [-0.4, -0.2) is 12.5 Å². The van der Waals surface area contributed by atoms with E-state index in [1.54, 1.807) is 0 Å². The lowest BCUT2D eigenvalue weighted by Gasteiger charge is -2.35. The van der Waals surface area contributed by atoms with E-state index in [9.17, 15) is 13.6 Å². The zero-order valence-corrected chi connectivity index (χ0v) is 11.4. The first-order chi connectivity index (χ1) is 9.54. The van der Waals surface area contributed by atoms with Gasteiger partial charge in [-0.15, -0.1) is 0 Å². The molecule has 0 unspecified atom stereocenters. The molecule has 0 heterocycles. The molecule has 1 aliphatic rings. The maximum atomic E-state index is 13.5. The SMILES string of the molecule is NCC1(CC(=O)Nc2ccc(F)cc2F)CCCCC1. The van der Waals surface area contributed by atoms with Gasteiger partial charge in [0.05, 0.1) is 5.69 Å². The topological polar surface area (TPSA) is 55.1 Å². The van der Waals surface area contributed by atoms with Gasteiger partial charge in [0, 0.05) is 12.5 Å². The molecule has 1 fully saturated rings. The highest BCUT2D eigenvalue weighted by Gasteiger charge is 2.33. The quantitative estimate of drug-likeness (QED) is 0.891. The molecule has 3 N–H and O–H groups in total. The van der Waals surface area contributed by atoms with Crippen molar-refractivity contribution in [1.29, 1.82) is 0 Å². The maximum absolute atomic E-state index is 13.5. The summed E-state index contributed by atoms with van der Waals surface area (Å²) in [4.78, 5) is 12.1. The predicted molar refractivity (Wildman–Crippen MR) is 74.2 cm³/mol. The maximum Gasteiger partial charge on any atom is 0.225 e. The molecule has 20 heavy (non-hydrogen) atoms. The number of carbonyl (C=O) groups excluding carboxylic acids is 1. The van der Waals surface area contributed by atoms with Gasteiger partial charge in [-0.05, 0) is 36.9 Å². The molecule has 1 aliphatic carbocycles. The molecule has 0 atom stereocenters. The number of carbonyl (C=O) groups is 1. The van der Waals surface area contributed by atoms with Crippen molar-refractivity contribution in [1.82, 2.24) is 0 Å². The number of nitrogens with two attached hydrogens (primary N) is 1. The molecule has 0 aliphatic heterocycles.